The van der Waals surface area contributed by atoms with Crippen LogP contribution in [0.5, 0.6) is 0 Å². The Morgan fingerprint density at radius 3 is 2.12 bits per heavy atom. The number of unbranched alkanes of at least 4 members (excludes halogenated alkanes) is 9. The zero-order valence-electron chi connectivity index (χ0n) is 16.6. The van der Waals surface area contributed by atoms with Gasteiger partial charge in [-0.1, -0.05) is 82.9 Å². The fourth-order valence-corrected chi connectivity index (χ4v) is 3.19. The van der Waals surface area contributed by atoms with Crippen LogP contribution in [0.4, 0.5) is 0 Å². The standard InChI is InChI=1S/C22H38N2O/c1-4-5-6-7-8-9-10-11-12-13-17-24-22(25)21(23)20-16-14-15-18(2)19(20)3/h14-16,21H,4-13,17,23H2,1-3H3,(H,24,25). The first-order chi connectivity index (χ1) is 12.1. The van der Waals surface area contributed by atoms with Gasteiger partial charge in [0.15, 0.2) is 0 Å². The molecule has 1 unspecified atom stereocenters. The lowest BCUT2D eigenvalue weighted by Crippen LogP contribution is -2.35. The SMILES string of the molecule is CCCCCCCCCCCCNC(=O)C(N)c1cccc(C)c1C. The number of aryl methyl sites for hydroxylation is 1. The van der Waals surface area contributed by atoms with Gasteiger partial charge in [-0.15, -0.1) is 0 Å². The molecule has 0 saturated carbocycles. The lowest BCUT2D eigenvalue weighted by molar-refractivity contribution is -0.122. The Balaban J connectivity index is 2.10. The fourth-order valence-electron chi connectivity index (χ4n) is 3.19. The Hall–Kier alpha value is -1.35. The summed E-state index contributed by atoms with van der Waals surface area (Å²) in [4.78, 5) is 12.2. The van der Waals surface area contributed by atoms with E-state index in [1.807, 2.05) is 32.0 Å². The van der Waals surface area contributed by atoms with Crippen molar-refractivity contribution in [3.05, 3.63) is 34.9 Å². The van der Waals surface area contributed by atoms with Crippen LogP contribution >= 0.6 is 0 Å². The summed E-state index contributed by atoms with van der Waals surface area (Å²) in [5, 5.41) is 2.99. The first-order valence-corrected chi connectivity index (χ1v) is 10.2. The van der Waals surface area contributed by atoms with Gasteiger partial charge < -0.3 is 11.1 Å². The van der Waals surface area contributed by atoms with Crippen LogP contribution in [0.25, 0.3) is 0 Å². The molecule has 1 amide bonds. The third kappa shape index (κ3) is 8.53. The molecule has 0 radical (unpaired) electrons. The van der Waals surface area contributed by atoms with Crippen LogP contribution in [0.1, 0.15) is 93.9 Å². The van der Waals surface area contributed by atoms with Crippen molar-refractivity contribution in [3.63, 3.8) is 0 Å². The molecule has 1 aromatic rings. The predicted molar refractivity (Wildman–Crippen MR) is 108 cm³/mol. The van der Waals surface area contributed by atoms with Crippen molar-refractivity contribution in [3.8, 4) is 0 Å². The van der Waals surface area contributed by atoms with E-state index >= 15 is 0 Å². The van der Waals surface area contributed by atoms with Crippen molar-refractivity contribution in [2.24, 2.45) is 5.73 Å². The topological polar surface area (TPSA) is 55.1 Å². The number of nitrogens with one attached hydrogen (secondary N) is 1. The molecule has 1 atom stereocenters. The highest BCUT2D eigenvalue weighted by atomic mass is 16.2. The van der Waals surface area contributed by atoms with Crippen LogP contribution in [0.2, 0.25) is 0 Å². The van der Waals surface area contributed by atoms with Gasteiger partial charge in [-0.25, -0.2) is 0 Å². The minimum atomic E-state index is -0.567. The maximum absolute atomic E-state index is 12.2. The van der Waals surface area contributed by atoms with Crippen LogP contribution in [-0.2, 0) is 4.79 Å². The minimum absolute atomic E-state index is 0.0652. The Kier molecular flexibility index (Phi) is 11.2. The molecule has 3 nitrogen and oxygen atoms in total. The normalized spacial score (nSPS) is 12.2. The smallest absolute Gasteiger partial charge is 0.241 e. The predicted octanol–water partition coefficient (Wildman–Crippen LogP) is 5.34. The Morgan fingerprint density at radius 1 is 0.960 bits per heavy atom. The van der Waals surface area contributed by atoms with Gasteiger partial charge in [0.25, 0.3) is 0 Å². The summed E-state index contributed by atoms with van der Waals surface area (Å²) >= 11 is 0. The van der Waals surface area contributed by atoms with Crippen LogP contribution < -0.4 is 11.1 Å². The molecule has 0 bridgehead atoms. The number of hydrogen-bond donors (Lipinski definition) is 2. The number of rotatable bonds is 13. The highest BCUT2D eigenvalue weighted by Crippen LogP contribution is 2.19. The zero-order valence-corrected chi connectivity index (χ0v) is 16.6. The Labute approximate surface area is 154 Å². The molecule has 142 valence electrons. The van der Waals surface area contributed by atoms with E-state index in [9.17, 15) is 4.79 Å². The molecular formula is C22H38N2O. The molecule has 0 spiro atoms. The Bertz CT molecular complexity index is 499. The van der Waals surface area contributed by atoms with Gasteiger partial charge >= 0.3 is 0 Å². The first kappa shape index (κ1) is 21.7. The lowest BCUT2D eigenvalue weighted by Gasteiger charge is -2.16. The van der Waals surface area contributed by atoms with Crippen LogP contribution in [0.3, 0.4) is 0 Å². The molecule has 25 heavy (non-hydrogen) atoms. The highest BCUT2D eigenvalue weighted by molar-refractivity contribution is 5.83. The second-order valence-corrected chi connectivity index (χ2v) is 7.24. The number of nitrogens with two attached hydrogens (primary N) is 1. The van der Waals surface area contributed by atoms with Crippen molar-refractivity contribution < 1.29 is 4.79 Å². The molecule has 0 aliphatic rings. The average Bonchev–Trinajstić information content (AvgIpc) is 2.61. The second-order valence-electron chi connectivity index (χ2n) is 7.24. The molecule has 0 aliphatic carbocycles. The summed E-state index contributed by atoms with van der Waals surface area (Å²) < 4.78 is 0. The molecule has 0 aliphatic heterocycles. The van der Waals surface area contributed by atoms with Crippen molar-refractivity contribution in [1.82, 2.24) is 5.32 Å². The maximum Gasteiger partial charge on any atom is 0.241 e. The monoisotopic (exact) mass is 346 g/mol. The third-order valence-corrected chi connectivity index (χ3v) is 5.09. The highest BCUT2D eigenvalue weighted by Gasteiger charge is 2.17. The molecule has 1 aromatic carbocycles. The molecule has 0 saturated heterocycles. The summed E-state index contributed by atoms with van der Waals surface area (Å²) in [6.45, 7) is 7.06. The van der Waals surface area contributed by atoms with Gasteiger partial charge in [-0.3, -0.25) is 4.79 Å². The van der Waals surface area contributed by atoms with E-state index in [0.29, 0.717) is 0 Å². The van der Waals surface area contributed by atoms with Crippen molar-refractivity contribution in [2.75, 3.05) is 6.54 Å². The summed E-state index contributed by atoms with van der Waals surface area (Å²) in [5.41, 5.74) is 9.35. The molecule has 0 heterocycles. The number of hydrogen-bond acceptors (Lipinski definition) is 2. The van der Waals surface area contributed by atoms with Crippen LogP contribution in [-0.4, -0.2) is 12.5 Å². The maximum atomic E-state index is 12.2. The van der Waals surface area contributed by atoms with E-state index in [0.717, 1.165) is 24.1 Å². The molecule has 0 aromatic heterocycles. The molecular weight excluding hydrogens is 308 g/mol. The number of carbonyl (C=O) groups excluding carboxylic acids is 1. The minimum Gasteiger partial charge on any atom is -0.354 e. The molecule has 3 N–H and O–H groups in total. The summed E-state index contributed by atoms with van der Waals surface area (Å²) in [7, 11) is 0. The van der Waals surface area contributed by atoms with Crippen molar-refractivity contribution >= 4 is 5.91 Å². The third-order valence-electron chi connectivity index (χ3n) is 5.09. The van der Waals surface area contributed by atoms with E-state index in [1.165, 1.54) is 63.4 Å². The first-order valence-electron chi connectivity index (χ1n) is 10.2. The van der Waals surface area contributed by atoms with Crippen LogP contribution in [0.15, 0.2) is 18.2 Å². The summed E-state index contributed by atoms with van der Waals surface area (Å²) in [5.74, 6) is -0.0652. The van der Waals surface area contributed by atoms with Crippen molar-refractivity contribution in [1.29, 1.82) is 0 Å². The number of amides is 1. The van der Waals surface area contributed by atoms with Crippen molar-refractivity contribution in [2.45, 2.75) is 91.0 Å². The number of carbonyl (C=O) groups is 1. The lowest BCUT2D eigenvalue weighted by atomic mass is 9.97. The fraction of sp³-hybridized carbons (Fsp3) is 0.682. The van der Waals surface area contributed by atoms with E-state index < -0.39 is 6.04 Å². The van der Waals surface area contributed by atoms with Gasteiger partial charge in [0.2, 0.25) is 5.91 Å². The Morgan fingerprint density at radius 2 is 1.52 bits per heavy atom. The van der Waals surface area contributed by atoms with Gasteiger partial charge in [0, 0.05) is 6.54 Å². The van der Waals surface area contributed by atoms with Gasteiger partial charge in [-0.05, 0) is 37.0 Å². The molecule has 0 fully saturated rings. The molecule has 1 rings (SSSR count). The summed E-state index contributed by atoms with van der Waals surface area (Å²) in [6.07, 6.45) is 13.0. The van der Waals surface area contributed by atoms with Gasteiger partial charge in [0.1, 0.15) is 6.04 Å². The second kappa shape index (κ2) is 12.9. The van der Waals surface area contributed by atoms with E-state index in [2.05, 4.69) is 12.2 Å². The van der Waals surface area contributed by atoms with Gasteiger partial charge in [0.05, 0.1) is 0 Å². The number of benzene rings is 1. The van der Waals surface area contributed by atoms with E-state index in [1.54, 1.807) is 0 Å². The van der Waals surface area contributed by atoms with E-state index in [4.69, 9.17) is 5.73 Å². The van der Waals surface area contributed by atoms with Gasteiger partial charge in [-0.2, -0.15) is 0 Å². The average molecular weight is 347 g/mol. The zero-order chi connectivity index (χ0) is 18.5. The largest absolute Gasteiger partial charge is 0.354 e. The van der Waals surface area contributed by atoms with Crippen LogP contribution in [0, 0.1) is 13.8 Å². The molecule has 3 heteroatoms. The van der Waals surface area contributed by atoms with E-state index in [-0.39, 0.29) is 5.91 Å². The quantitative estimate of drug-likeness (QED) is 0.474. The summed E-state index contributed by atoms with van der Waals surface area (Å²) in [6, 6.07) is 5.40.